The fourth-order valence-corrected chi connectivity index (χ4v) is 1.49. The molecule has 0 unspecified atom stereocenters. The van der Waals surface area contributed by atoms with Gasteiger partial charge in [0.15, 0.2) is 0 Å². The molecule has 2 rings (SSSR count). The standard InChI is InChI=1S/C12H16N4O/c1-3-17-12-5-4-11(8-14-12)13-6-10-7-15-16(2)9-10/h4-5,7-9,13H,3,6H2,1-2H3. The quantitative estimate of drug-likeness (QED) is 0.854. The molecule has 0 aliphatic carbocycles. The molecule has 0 aromatic carbocycles. The second-order valence-electron chi connectivity index (χ2n) is 3.69. The van der Waals surface area contributed by atoms with Gasteiger partial charge in [-0.2, -0.15) is 5.10 Å². The molecular weight excluding hydrogens is 216 g/mol. The SMILES string of the molecule is CCOc1ccc(NCc2cnn(C)c2)cn1. The van der Waals surface area contributed by atoms with Crippen LogP contribution in [-0.2, 0) is 13.6 Å². The molecule has 1 N–H and O–H groups in total. The molecule has 0 saturated heterocycles. The third-order valence-corrected chi connectivity index (χ3v) is 2.28. The summed E-state index contributed by atoms with van der Waals surface area (Å²) in [5.41, 5.74) is 2.11. The van der Waals surface area contributed by atoms with Crippen LogP contribution in [0.25, 0.3) is 0 Å². The highest BCUT2D eigenvalue weighted by Gasteiger charge is 1.98. The first-order valence-electron chi connectivity index (χ1n) is 5.58. The molecule has 17 heavy (non-hydrogen) atoms. The summed E-state index contributed by atoms with van der Waals surface area (Å²) < 4.78 is 7.06. The van der Waals surface area contributed by atoms with Crippen LogP contribution in [0.5, 0.6) is 5.88 Å². The number of ether oxygens (including phenoxy) is 1. The number of pyridine rings is 1. The second-order valence-corrected chi connectivity index (χ2v) is 3.69. The number of nitrogens with zero attached hydrogens (tertiary/aromatic N) is 3. The fraction of sp³-hybridized carbons (Fsp3) is 0.333. The summed E-state index contributed by atoms with van der Waals surface area (Å²) in [6, 6.07) is 3.81. The van der Waals surface area contributed by atoms with Crippen molar-refractivity contribution >= 4 is 5.69 Å². The van der Waals surface area contributed by atoms with Crippen molar-refractivity contribution in [1.29, 1.82) is 0 Å². The fourth-order valence-electron chi connectivity index (χ4n) is 1.49. The molecule has 0 saturated carbocycles. The summed E-state index contributed by atoms with van der Waals surface area (Å²) in [4.78, 5) is 4.18. The lowest BCUT2D eigenvalue weighted by atomic mass is 10.3. The zero-order valence-electron chi connectivity index (χ0n) is 10.1. The van der Waals surface area contributed by atoms with Gasteiger partial charge in [0.2, 0.25) is 5.88 Å². The first-order chi connectivity index (χ1) is 8.28. The van der Waals surface area contributed by atoms with Crippen molar-refractivity contribution in [2.24, 2.45) is 7.05 Å². The van der Waals surface area contributed by atoms with Crippen molar-refractivity contribution < 1.29 is 4.74 Å². The Morgan fingerprint density at radius 1 is 1.35 bits per heavy atom. The third-order valence-electron chi connectivity index (χ3n) is 2.28. The van der Waals surface area contributed by atoms with Gasteiger partial charge in [-0.25, -0.2) is 4.98 Å². The Morgan fingerprint density at radius 3 is 2.82 bits per heavy atom. The second kappa shape index (κ2) is 5.34. The molecule has 0 radical (unpaired) electrons. The van der Waals surface area contributed by atoms with E-state index in [1.807, 2.05) is 38.5 Å². The van der Waals surface area contributed by atoms with Crippen molar-refractivity contribution in [2.45, 2.75) is 13.5 Å². The normalized spacial score (nSPS) is 10.2. The molecule has 2 heterocycles. The Bertz CT molecular complexity index is 464. The van der Waals surface area contributed by atoms with E-state index in [1.165, 1.54) is 0 Å². The highest BCUT2D eigenvalue weighted by Crippen LogP contribution is 2.12. The maximum absolute atomic E-state index is 5.27. The van der Waals surface area contributed by atoms with Gasteiger partial charge in [-0.05, 0) is 13.0 Å². The molecule has 2 aromatic heterocycles. The first-order valence-corrected chi connectivity index (χ1v) is 5.58. The van der Waals surface area contributed by atoms with Gasteiger partial charge < -0.3 is 10.1 Å². The summed E-state index contributed by atoms with van der Waals surface area (Å²) in [7, 11) is 1.90. The summed E-state index contributed by atoms with van der Waals surface area (Å²) in [6.07, 6.45) is 5.59. The molecule has 0 aliphatic rings. The average molecular weight is 232 g/mol. The number of rotatable bonds is 5. The lowest BCUT2D eigenvalue weighted by Gasteiger charge is -2.05. The monoisotopic (exact) mass is 232 g/mol. The van der Waals surface area contributed by atoms with E-state index in [1.54, 1.807) is 10.9 Å². The van der Waals surface area contributed by atoms with Crippen LogP contribution in [0.3, 0.4) is 0 Å². The highest BCUT2D eigenvalue weighted by atomic mass is 16.5. The van der Waals surface area contributed by atoms with Gasteiger partial charge in [-0.1, -0.05) is 0 Å². The molecule has 0 amide bonds. The number of anilines is 1. The summed E-state index contributed by atoms with van der Waals surface area (Å²) in [6.45, 7) is 3.31. The van der Waals surface area contributed by atoms with Gasteiger partial charge in [0.05, 0.1) is 24.7 Å². The Labute approximate surface area is 100 Å². The topological polar surface area (TPSA) is 52.0 Å². The van der Waals surface area contributed by atoms with Crippen LogP contribution in [-0.4, -0.2) is 21.4 Å². The molecule has 0 aliphatic heterocycles. The zero-order valence-corrected chi connectivity index (χ0v) is 10.1. The first kappa shape index (κ1) is 11.4. The van der Waals surface area contributed by atoms with Gasteiger partial charge >= 0.3 is 0 Å². The van der Waals surface area contributed by atoms with Gasteiger partial charge in [-0.3, -0.25) is 4.68 Å². The highest BCUT2D eigenvalue weighted by molar-refractivity contribution is 5.42. The number of hydrogen-bond donors (Lipinski definition) is 1. The molecule has 0 atom stereocenters. The summed E-state index contributed by atoms with van der Waals surface area (Å²) in [5.74, 6) is 0.652. The maximum Gasteiger partial charge on any atom is 0.213 e. The summed E-state index contributed by atoms with van der Waals surface area (Å²) in [5, 5.41) is 7.38. The number of aryl methyl sites for hydroxylation is 1. The van der Waals surface area contributed by atoms with E-state index in [9.17, 15) is 0 Å². The van der Waals surface area contributed by atoms with Crippen molar-refractivity contribution in [3.8, 4) is 5.88 Å². The smallest absolute Gasteiger partial charge is 0.213 e. The predicted octanol–water partition coefficient (Wildman–Crippen LogP) is 1.83. The largest absolute Gasteiger partial charge is 0.478 e. The van der Waals surface area contributed by atoms with Gasteiger partial charge in [0.1, 0.15) is 0 Å². The van der Waals surface area contributed by atoms with E-state index in [0.29, 0.717) is 12.5 Å². The van der Waals surface area contributed by atoms with Crippen LogP contribution < -0.4 is 10.1 Å². The predicted molar refractivity (Wildman–Crippen MR) is 65.9 cm³/mol. The molecular formula is C12H16N4O. The minimum Gasteiger partial charge on any atom is -0.478 e. The van der Waals surface area contributed by atoms with E-state index in [4.69, 9.17) is 4.74 Å². The average Bonchev–Trinajstić information content (AvgIpc) is 2.75. The van der Waals surface area contributed by atoms with Gasteiger partial charge in [-0.15, -0.1) is 0 Å². The molecule has 5 nitrogen and oxygen atoms in total. The zero-order chi connectivity index (χ0) is 12.1. The Kier molecular flexibility index (Phi) is 3.59. The Balaban J connectivity index is 1.90. The van der Waals surface area contributed by atoms with Crippen LogP contribution in [0.4, 0.5) is 5.69 Å². The van der Waals surface area contributed by atoms with E-state index in [2.05, 4.69) is 15.4 Å². The van der Waals surface area contributed by atoms with Crippen molar-refractivity contribution in [1.82, 2.24) is 14.8 Å². The van der Waals surface area contributed by atoms with E-state index >= 15 is 0 Å². The number of aromatic nitrogens is 3. The minimum atomic E-state index is 0.634. The van der Waals surface area contributed by atoms with Crippen LogP contribution in [0, 0.1) is 0 Å². The third kappa shape index (κ3) is 3.21. The lowest BCUT2D eigenvalue weighted by molar-refractivity contribution is 0.327. The van der Waals surface area contributed by atoms with E-state index in [-0.39, 0.29) is 0 Å². The molecule has 0 spiro atoms. The minimum absolute atomic E-state index is 0.634. The number of hydrogen-bond acceptors (Lipinski definition) is 4. The van der Waals surface area contributed by atoms with Crippen LogP contribution in [0.2, 0.25) is 0 Å². The Hall–Kier alpha value is -2.04. The number of nitrogens with one attached hydrogen (secondary N) is 1. The maximum atomic E-state index is 5.27. The van der Waals surface area contributed by atoms with Gasteiger partial charge in [0.25, 0.3) is 0 Å². The van der Waals surface area contributed by atoms with Crippen LogP contribution in [0.1, 0.15) is 12.5 Å². The van der Waals surface area contributed by atoms with Crippen LogP contribution >= 0.6 is 0 Å². The van der Waals surface area contributed by atoms with E-state index in [0.717, 1.165) is 17.8 Å². The van der Waals surface area contributed by atoms with Crippen molar-refractivity contribution in [3.05, 3.63) is 36.3 Å². The molecule has 0 bridgehead atoms. The van der Waals surface area contributed by atoms with Crippen molar-refractivity contribution in [3.63, 3.8) is 0 Å². The summed E-state index contributed by atoms with van der Waals surface area (Å²) >= 11 is 0. The van der Waals surface area contributed by atoms with Gasteiger partial charge in [0, 0.05) is 31.4 Å². The lowest BCUT2D eigenvalue weighted by Crippen LogP contribution is -2.00. The van der Waals surface area contributed by atoms with Crippen molar-refractivity contribution in [2.75, 3.05) is 11.9 Å². The molecule has 2 aromatic rings. The molecule has 90 valence electrons. The van der Waals surface area contributed by atoms with E-state index < -0.39 is 0 Å². The van der Waals surface area contributed by atoms with Crippen LogP contribution in [0.15, 0.2) is 30.7 Å². The molecule has 5 heteroatoms. The molecule has 0 fully saturated rings. The Morgan fingerprint density at radius 2 is 2.24 bits per heavy atom.